The second kappa shape index (κ2) is 6.89. The van der Waals surface area contributed by atoms with Crippen molar-refractivity contribution in [2.45, 2.75) is 11.8 Å². The van der Waals surface area contributed by atoms with Crippen molar-refractivity contribution in [3.63, 3.8) is 0 Å². The van der Waals surface area contributed by atoms with Crippen LogP contribution in [-0.4, -0.2) is 28.2 Å². The Morgan fingerprint density at radius 1 is 1.21 bits per heavy atom. The Morgan fingerprint density at radius 3 is 2.68 bits per heavy atom. The Balaban J connectivity index is 1.74. The monoisotopic (exact) mass is 273 g/mol. The van der Waals surface area contributed by atoms with Crippen LogP contribution in [0.15, 0.2) is 47.6 Å². The molecule has 0 unspecified atom stereocenters. The van der Waals surface area contributed by atoms with Crippen LogP contribution in [0.2, 0.25) is 0 Å². The average molecular weight is 273 g/mol. The van der Waals surface area contributed by atoms with Gasteiger partial charge >= 0.3 is 0 Å². The number of carbonyl (C=O) groups is 1. The number of rotatable bonds is 5. The van der Waals surface area contributed by atoms with Crippen LogP contribution in [0.3, 0.4) is 0 Å². The van der Waals surface area contributed by atoms with E-state index in [0.717, 1.165) is 11.4 Å². The van der Waals surface area contributed by atoms with Gasteiger partial charge in [-0.25, -0.2) is 4.98 Å². The highest BCUT2D eigenvalue weighted by molar-refractivity contribution is 7.99. The van der Waals surface area contributed by atoms with Gasteiger partial charge in [0.05, 0.1) is 11.9 Å². The molecule has 5 heteroatoms. The number of nitrogens with zero attached hydrogens (tertiary/aromatic N) is 2. The molecule has 2 rings (SSSR count). The van der Waals surface area contributed by atoms with Crippen molar-refractivity contribution in [3.8, 4) is 0 Å². The molecule has 1 aromatic carbocycles. The van der Waals surface area contributed by atoms with Gasteiger partial charge in [-0.3, -0.25) is 9.78 Å². The van der Waals surface area contributed by atoms with Gasteiger partial charge in [0.25, 0.3) is 5.91 Å². The highest BCUT2D eigenvalue weighted by atomic mass is 32.2. The van der Waals surface area contributed by atoms with Crippen LogP contribution in [0.1, 0.15) is 16.2 Å². The van der Waals surface area contributed by atoms with E-state index in [1.54, 1.807) is 18.0 Å². The van der Waals surface area contributed by atoms with Gasteiger partial charge in [-0.2, -0.15) is 0 Å². The smallest absolute Gasteiger partial charge is 0.271 e. The third-order valence-electron chi connectivity index (χ3n) is 2.41. The lowest BCUT2D eigenvalue weighted by Crippen LogP contribution is -2.26. The first-order valence-corrected chi connectivity index (χ1v) is 6.99. The van der Waals surface area contributed by atoms with Gasteiger partial charge in [0.15, 0.2) is 0 Å². The van der Waals surface area contributed by atoms with Crippen LogP contribution in [-0.2, 0) is 0 Å². The fourth-order valence-electron chi connectivity index (χ4n) is 1.45. The minimum absolute atomic E-state index is 0.179. The number of thioether (sulfide) groups is 1. The second-order valence-electron chi connectivity index (χ2n) is 3.96. The fraction of sp³-hybridized carbons (Fsp3) is 0.214. The topological polar surface area (TPSA) is 54.9 Å². The van der Waals surface area contributed by atoms with Crippen molar-refractivity contribution >= 4 is 17.7 Å². The zero-order chi connectivity index (χ0) is 13.5. The van der Waals surface area contributed by atoms with E-state index in [2.05, 4.69) is 27.4 Å². The number of nitrogens with one attached hydrogen (secondary N) is 1. The molecule has 0 atom stereocenters. The largest absolute Gasteiger partial charge is 0.350 e. The van der Waals surface area contributed by atoms with Crippen molar-refractivity contribution in [1.82, 2.24) is 15.3 Å². The third kappa shape index (κ3) is 4.37. The van der Waals surface area contributed by atoms with Gasteiger partial charge in [-0.1, -0.05) is 18.2 Å². The summed E-state index contributed by atoms with van der Waals surface area (Å²) in [6.07, 6.45) is 3.09. The summed E-state index contributed by atoms with van der Waals surface area (Å²) in [6.45, 7) is 2.44. The van der Waals surface area contributed by atoms with E-state index >= 15 is 0 Å². The van der Waals surface area contributed by atoms with Gasteiger partial charge in [-0.15, -0.1) is 11.8 Å². The number of benzene rings is 1. The summed E-state index contributed by atoms with van der Waals surface area (Å²) in [6, 6.07) is 10.1. The second-order valence-corrected chi connectivity index (χ2v) is 5.13. The Morgan fingerprint density at radius 2 is 2.00 bits per heavy atom. The van der Waals surface area contributed by atoms with E-state index < -0.39 is 0 Å². The first-order valence-electron chi connectivity index (χ1n) is 6.00. The summed E-state index contributed by atoms with van der Waals surface area (Å²) in [5.41, 5.74) is 1.16. The van der Waals surface area contributed by atoms with Crippen LogP contribution < -0.4 is 5.32 Å². The molecule has 0 aliphatic carbocycles. The molecule has 0 aliphatic rings. The van der Waals surface area contributed by atoms with Crippen molar-refractivity contribution in [2.24, 2.45) is 0 Å². The molecule has 0 saturated carbocycles. The molecular weight excluding hydrogens is 258 g/mol. The Bertz CT molecular complexity index is 528. The van der Waals surface area contributed by atoms with Gasteiger partial charge < -0.3 is 5.32 Å². The molecule has 0 fully saturated rings. The molecule has 1 heterocycles. The normalized spacial score (nSPS) is 10.2. The third-order valence-corrected chi connectivity index (χ3v) is 3.43. The molecule has 1 amide bonds. The molecule has 0 bridgehead atoms. The predicted molar refractivity (Wildman–Crippen MR) is 76.3 cm³/mol. The van der Waals surface area contributed by atoms with Crippen LogP contribution >= 0.6 is 11.8 Å². The SMILES string of the molecule is Cc1cnc(C(=O)NCCSc2ccccc2)cn1. The number of hydrogen-bond acceptors (Lipinski definition) is 4. The first-order chi connectivity index (χ1) is 9.25. The van der Waals surface area contributed by atoms with Crippen LogP contribution in [0.4, 0.5) is 0 Å². The fourth-order valence-corrected chi connectivity index (χ4v) is 2.24. The van der Waals surface area contributed by atoms with Crippen LogP contribution in [0, 0.1) is 6.92 Å². The van der Waals surface area contributed by atoms with Crippen molar-refractivity contribution in [1.29, 1.82) is 0 Å². The summed E-state index contributed by atoms with van der Waals surface area (Å²) >= 11 is 1.71. The standard InChI is InChI=1S/C14H15N3OS/c1-11-9-17-13(10-16-11)14(18)15-7-8-19-12-5-3-2-4-6-12/h2-6,9-10H,7-8H2,1H3,(H,15,18). The summed E-state index contributed by atoms with van der Waals surface area (Å²) < 4.78 is 0. The Kier molecular flexibility index (Phi) is 4.92. The lowest BCUT2D eigenvalue weighted by molar-refractivity contribution is 0.0951. The number of amides is 1. The number of aryl methyl sites for hydroxylation is 1. The van der Waals surface area contributed by atoms with E-state index in [-0.39, 0.29) is 5.91 Å². The zero-order valence-corrected chi connectivity index (χ0v) is 11.5. The number of hydrogen-bond donors (Lipinski definition) is 1. The van der Waals surface area contributed by atoms with Crippen molar-refractivity contribution < 1.29 is 4.79 Å². The summed E-state index contributed by atoms with van der Waals surface area (Å²) in [5.74, 6) is 0.649. The molecule has 0 spiro atoms. The first kappa shape index (κ1) is 13.5. The molecule has 4 nitrogen and oxygen atoms in total. The Hall–Kier alpha value is -1.88. The van der Waals surface area contributed by atoms with E-state index in [0.29, 0.717) is 12.2 Å². The van der Waals surface area contributed by atoms with E-state index in [1.165, 1.54) is 11.1 Å². The zero-order valence-electron chi connectivity index (χ0n) is 10.7. The summed E-state index contributed by atoms with van der Waals surface area (Å²) in [5, 5.41) is 2.83. The molecule has 2 aromatic rings. The van der Waals surface area contributed by atoms with Gasteiger partial charge in [0, 0.05) is 23.4 Å². The summed E-state index contributed by atoms with van der Waals surface area (Å²) in [7, 11) is 0. The maximum Gasteiger partial charge on any atom is 0.271 e. The minimum Gasteiger partial charge on any atom is -0.350 e. The number of aromatic nitrogens is 2. The minimum atomic E-state index is -0.179. The average Bonchev–Trinajstić information content (AvgIpc) is 2.45. The Labute approximate surface area is 116 Å². The molecule has 19 heavy (non-hydrogen) atoms. The van der Waals surface area contributed by atoms with Gasteiger partial charge in [0.1, 0.15) is 5.69 Å². The van der Waals surface area contributed by atoms with Gasteiger partial charge in [0.2, 0.25) is 0 Å². The highest BCUT2D eigenvalue weighted by Gasteiger charge is 2.06. The molecule has 0 aliphatic heterocycles. The van der Waals surface area contributed by atoms with Gasteiger partial charge in [-0.05, 0) is 19.1 Å². The van der Waals surface area contributed by atoms with Crippen molar-refractivity contribution in [3.05, 3.63) is 54.1 Å². The van der Waals surface area contributed by atoms with Crippen LogP contribution in [0.25, 0.3) is 0 Å². The molecule has 0 saturated heterocycles. The lowest BCUT2D eigenvalue weighted by Gasteiger charge is -2.04. The number of carbonyl (C=O) groups excluding carboxylic acids is 1. The molecule has 1 N–H and O–H groups in total. The van der Waals surface area contributed by atoms with E-state index in [9.17, 15) is 4.79 Å². The van der Waals surface area contributed by atoms with E-state index in [4.69, 9.17) is 0 Å². The molecule has 98 valence electrons. The summed E-state index contributed by atoms with van der Waals surface area (Å²) in [4.78, 5) is 21.0. The highest BCUT2D eigenvalue weighted by Crippen LogP contribution is 2.15. The predicted octanol–water partition coefficient (Wildman–Crippen LogP) is 2.31. The molecule has 0 radical (unpaired) electrons. The molecule has 1 aromatic heterocycles. The maximum absolute atomic E-state index is 11.7. The van der Waals surface area contributed by atoms with Crippen molar-refractivity contribution in [2.75, 3.05) is 12.3 Å². The quantitative estimate of drug-likeness (QED) is 0.671. The lowest BCUT2D eigenvalue weighted by atomic mass is 10.4. The van der Waals surface area contributed by atoms with E-state index in [1.807, 2.05) is 25.1 Å². The molecular formula is C14H15N3OS. The maximum atomic E-state index is 11.7. The van der Waals surface area contributed by atoms with Crippen LogP contribution in [0.5, 0.6) is 0 Å².